The number of aryl methyl sites for hydroxylation is 1. The van der Waals surface area contributed by atoms with Crippen molar-refractivity contribution >= 4 is 27.5 Å². The lowest BCUT2D eigenvalue weighted by Crippen LogP contribution is -2.55. The lowest BCUT2D eigenvalue weighted by Gasteiger charge is -2.39. The van der Waals surface area contributed by atoms with Crippen molar-refractivity contribution in [1.29, 1.82) is 5.26 Å². The smallest absolute Gasteiger partial charge is 0.240 e. The molecule has 3 rings (SSSR count). The molecule has 1 N–H and O–H groups in total. The molecule has 1 aliphatic rings. The Morgan fingerprint density at radius 1 is 1.26 bits per heavy atom. The molecule has 0 atom stereocenters. The van der Waals surface area contributed by atoms with Crippen LogP contribution in [0.15, 0.2) is 36.4 Å². The van der Waals surface area contributed by atoms with E-state index in [9.17, 15) is 23.3 Å². The summed E-state index contributed by atoms with van der Waals surface area (Å²) in [4.78, 5) is 30.8. The van der Waals surface area contributed by atoms with Gasteiger partial charge in [0.1, 0.15) is 11.9 Å². The summed E-state index contributed by atoms with van der Waals surface area (Å²) in [6, 6.07) is 12.2. The number of nitrogens with one attached hydrogen (secondary N) is 1. The molecule has 0 saturated carbocycles. The van der Waals surface area contributed by atoms with Crippen molar-refractivity contribution in [2.24, 2.45) is 5.92 Å². The molecule has 8 nitrogen and oxygen atoms in total. The third-order valence-electron chi connectivity index (χ3n) is 5.10. The van der Waals surface area contributed by atoms with Crippen LogP contribution in [0.3, 0.4) is 0 Å². The van der Waals surface area contributed by atoms with Crippen LogP contribution in [0.25, 0.3) is 0 Å². The van der Waals surface area contributed by atoms with E-state index in [1.165, 1.54) is 0 Å². The van der Waals surface area contributed by atoms with E-state index >= 15 is 0 Å². The van der Waals surface area contributed by atoms with Gasteiger partial charge in [-0.25, -0.2) is 13.4 Å². The molecule has 2 heterocycles. The number of benzene rings is 1. The Kier molecular flexibility index (Phi) is 6.71. The zero-order valence-electron chi connectivity index (χ0n) is 17.5. The number of nitriles is 1. The minimum atomic E-state index is -3.80. The monoisotopic (exact) mass is 440 g/mol. The minimum Gasteiger partial charge on any atom is -0.354 e. The van der Waals surface area contributed by atoms with Crippen LogP contribution in [0, 0.1) is 24.2 Å². The molecule has 0 aliphatic carbocycles. The van der Waals surface area contributed by atoms with E-state index in [0.29, 0.717) is 35.5 Å². The predicted molar refractivity (Wildman–Crippen MR) is 116 cm³/mol. The predicted octanol–water partition coefficient (Wildman–Crippen LogP) is 2.33. The lowest BCUT2D eigenvalue weighted by molar-refractivity contribution is -0.123. The summed E-state index contributed by atoms with van der Waals surface area (Å²) in [6.07, 6.45) is 1.09. The Morgan fingerprint density at radius 3 is 2.55 bits per heavy atom. The molecule has 9 heteroatoms. The van der Waals surface area contributed by atoms with Crippen molar-refractivity contribution in [2.45, 2.75) is 32.4 Å². The van der Waals surface area contributed by atoms with Crippen molar-refractivity contribution in [3.63, 3.8) is 0 Å². The number of amides is 1. The van der Waals surface area contributed by atoms with E-state index in [1.54, 1.807) is 48.2 Å². The number of nitrogens with zero attached hydrogens (tertiary/aromatic N) is 3. The van der Waals surface area contributed by atoms with E-state index in [2.05, 4.69) is 15.8 Å². The van der Waals surface area contributed by atoms with Gasteiger partial charge in [-0.05, 0) is 25.0 Å². The van der Waals surface area contributed by atoms with E-state index in [1.807, 2.05) is 6.92 Å². The van der Waals surface area contributed by atoms with Gasteiger partial charge in [-0.15, -0.1) is 0 Å². The average Bonchev–Trinajstić information content (AvgIpc) is 2.67. The SMILES string of the molecule is CCCC(=O)c1cc(C#N)c(N2CC(C(=O)NS(=O)(=O)Cc3ccccc3)C2)nc1C. The number of ketones is 1. The van der Waals surface area contributed by atoms with Gasteiger partial charge in [0.15, 0.2) is 5.78 Å². The number of anilines is 1. The second-order valence-electron chi connectivity index (χ2n) is 7.59. The summed E-state index contributed by atoms with van der Waals surface area (Å²) in [5.74, 6) is -1.02. The molecule has 2 aromatic rings. The Balaban J connectivity index is 1.65. The first kappa shape index (κ1) is 22.4. The summed E-state index contributed by atoms with van der Waals surface area (Å²) in [6.45, 7) is 4.12. The normalized spacial score (nSPS) is 13.9. The molecule has 1 aromatic heterocycles. The van der Waals surface area contributed by atoms with E-state index in [0.717, 1.165) is 0 Å². The third-order valence-corrected chi connectivity index (χ3v) is 6.32. The van der Waals surface area contributed by atoms with E-state index in [-0.39, 0.29) is 30.2 Å². The second kappa shape index (κ2) is 9.27. The van der Waals surface area contributed by atoms with Crippen LogP contribution in [-0.2, 0) is 20.6 Å². The highest BCUT2D eigenvalue weighted by atomic mass is 32.2. The first-order valence-corrected chi connectivity index (χ1v) is 11.7. The van der Waals surface area contributed by atoms with Gasteiger partial charge in [0.2, 0.25) is 15.9 Å². The highest BCUT2D eigenvalue weighted by Crippen LogP contribution is 2.28. The molecule has 1 aliphatic heterocycles. The fourth-order valence-corrected chi connectivity index (χ4v) is 4.62. The summed E-state index contributed by atoms with van der Waals surface area (Å²) in [7, 11) is -3.80. The van der Waals surface area contributed by atoms with Gasteiger partial charge >= 0.3 is 0 Å². The lowest BCUT2D eigenvalue weighted by atomic mass is 9.97. The van der Waals surface area contributed by atoms with Crippen LogP contribution in [-0.4, -0.2) is 38.2 Å². The number of carbonyl (C=O) groups excluding carboxylic acids is 2. The van der Waals surface area contributed by atoms with Gasteiger partial charge < -0.3 is 4.90 Å². The summed E-state index contributed by atoms with van der Waals surface area (Å²) >= 11 is 0. The van der Waals surface area contributed by atoms with E-state index in [4.69, 9.17) is 0 Å². The molecule has 1 saturated heterocycles. The standard InChI is InChI=1S/C22H24N4O4S/c1-3-7-20(27)19-10-17(11-23)21(24-15(19)2)26-12-18(13-26)22(28)25-31(29,30)14-16-8-5-4-6-9-16/h4-6,8-10,18H,3,7,12-14H2,1-2H3,(H,25,28). The van der Waals surface area contributed by atoms with Gasteiger partial charge in [-0.2, -0.15) is 5.26 Å². The highest BCUT2D eigenvalue weighted by molar-refractivity contribution is 7.89. The van der Waals surface area contributed by atoms with Crippen LogP contribution in [0.2, 0.25) is 0 Å². The Hall–Kier alpha value is -3.25. The minimum absolute atomic E-state index is 0.0555. The van der Waals surface area contributed by atoms with Crippen molar-refractivity contribution in [3.8, 4) is 6.07 Å². The molecule has 1 fully saturated rings. The average molecular weight is 441 g/mol. The molecule has 1 amide bonds. The first-order chi connectivity index (χ1) is 14.7. The molecule has 0 bridgehead atoms. The fraction of sp³-hybridized carbons (Fsp3) is 0.364. The molecule has 162 valence electrons. The Morgan fingerprint density at radius 2 is 1.94 bits per heavy atom. The molecule has 31 heavy (non-hydrogen) atoms. The molecule has 0 unspecified atom stereocenters. The van der Waals surface area contributed by atoms with Crippen molar-refractivity contribution in [2.75, 3.05) is 18.0 Å². The van der Waals surface area contributed by atoms with Crippen LogP contribution in [0.5, 0.6) is 0 Å². The fourth-order valence-electron chi connectivity index (χ4n) is 3.44. The summed E-state index contributed by atoms with van der Waals surface area (Å²) in [5, 5.41) is 9.50. The van der Waals surface area contributed by atoms with Crippen LogP contribution >= 0.6 is 0 Å². The molecule has 0 spiro atoms. The Labute approximate surface area is 182 Å². The number of sulfonamides is 1. The third kappa shape index (κ3) is 5.27. The van der Waals surface area contributed by atoms with Gasteiger partial charge in [0.25, 0.3) is 0 Å². The quantitative estimate of drug-likeness (QED) is 0.626. The molecule has 1 aromatic carbocycles. The van der Waals surface area contributed by atoms with Crippen LogP contribution in [0.4, 0.5) is 5.82 Å². The van der Waals surface area contributed by atoms with Gasteiger partial charge in [-0.3, -0.25) is 14.3 Å². The number of pyridine rings is 1. The highest BCUT2D eigenvalue weighted by Gasteiger charge is 2.36. The summed E-state index contributed by atoms with van der Waals surface area (Å²) < 4.78 is 26.7. The number of Topliss-reactive ketones (excluding diaryl/α,β-unsaturated/α-hetero) is 1. The topological polar surface area (TPSA) is 120 Å². The van der Waals surface area contributed by atoms with Crippen LogP contribution in [0.1, 0.15) is 46.9 Å². The zero-order chi connectivity index (χ0) is 22.6. The number of rotatable bonds is 8. The largest absolute Gasteiger partial charge is 0.354 e. The maximum atomic E-state index is 12.4. The van der Waals surface area contributed by atoms with Gasteiger partial charge in [0, 0.05) is 25.1 Å². The first-order valence-electron chi connectivity index (χ1n) is 10.0. The maximum absolute atomic E-state index is 12.4. The van der Waals surface area contributed by atoms with Crippen LogP contribution < -0.4 is 9.62 Å². The number of hydrogen-bond donors (Lipinski definition) is 1. The van der Waals surface area contributed by atoms with Gasteiger partial charge in [-0.1, -0.05) is 37.3 Å². The van der Waals surface area contributed by atoms with Crippen molar-refractivity contribution in [1.82, 2.24) is 9.71 Å². The molecular formula is C22H24N4O4S. The summed E-state index contributed by atoms with van der Waals surface area (Å²) in [5.41, 5.74) is 1.82. The van der Waals surface area contributed by atoms with Crippen molar-refractivity contribution < 1.29 is 18.0 Å². The second-order valence-corrected chi connectivity index (χ2v) is 9.31. The van der Waals surface area contributed by atoms with Gasteiger partial charge in [0.05, 0.1) is 22.9 Å². The maximum Gasteiger partial charge on any atom is 0.240 e. The zero-order valence-corrected chi connectivity index (χ0v) is 18.3. The van der Waals surface area contributed by atoms with E-state index < -0.39 is 21.8 Å². The molecule has 0 radical (unpaired) electrons. The molecular weight excluding hydrogens is 416 g/mol. The van der Waals surface area contributed by atoms with Crippen molar-refractivity contribution in [3.05, 3.63) is 58.8 Å². The number of carbonyl (C=O) groups is 2. The number of hydrogen-bond acceptors (Lipinski definition) is 7. The Bertz CT molecular complexity index is 1130. The number of aromatic nitrogens is 1.